The number of rotatable bonds is 6. The van der Waals surface area contributed by atoms with Crippen LogP contribution in [-0.4, -0.2) is 40.4 Å². The third-order valence-electron chi connectivity index (χ3n) is 2.28. The highest BCUT2D eigenvalue weighted by molar-refractivity contribution is 7.89. The molecule has 13 heteroatoms. The lowest BCUT2D eigenvalue weighted by Gasteiger charge is -2.10. The Hall–Kier alpha value is -1.57. The maximum absolute atomic E-state index is 13.6. The highest BCUT2D eigenvalue weighted by Crippen LogP contribution is 2.32. The first-order valence-electron chi connectivity index (χ1n) is 5.20. The second kappa shape index (κ2) is 6.28. The van der Waals surface area contributed by atoms with Gasteiger partial charge in [-0.3, -0.25) is 9.55 Å². The van der Waals surface area contributed by atoms with E-state index in [1.165, 1.54) is 4.72 Å². The van der Waals surface area contributed by atoms with Crippen molar-refractivity contribution in [1.29, 1.82) is 0 Å². The van der Waals surface area contributed by atoms with Gasteiger partial charge in [-0.1, -0.05) is 0 Å². The second-order valence-electron chi connectivity index (χ2n) is 3.78. The van der Waals surface area contributed by atoms with E-state index in [0.29, 0.717) is 0 Å². The third-order valence-corrected chi connectivity index (χ3v) is 4.48. The second-order valence-corrected chi connectivity index (χ2v) is 7.05. The quantitative estimate of drug-likeness (QED) is 0.335. The molecule has 0 heterocycles. The first-order chi connectivity index (χ1) is 9.92. The minimum absolute atomic E-state index is 0.981. The molecule has 0 amide bonds. The summed E-state index contributed by atoms with van der Waals surface area (Å²) in [6, 6.07) is 0. The van der Waals surface area contributed by atoms with Crippen LogP contribution in [0.15, 0.2) is 9.89 Å². The number of sulfonamides is 1. The Morgan fingerprint density at radius 3 is 1.82 bits per heavy atom. The van der Waals surface area contributed by atoms with E-state index in [2.05, 4.69) is 11.7 Å². The lowest BCUT2D eigenvalue weighted by atomic mass is 10.2. The molecule has 0 atom stereocenters. The van der Waals surface area contributed by atoms with Crippen LogP contribution < -0.4 is 4.72 Å². The molecule has 0 aliphatic heterocycles. The third kappa shape index (κ3) is 3.79. The minimum Gasteiger partial charge on any atom is -0.286 e. The molecular formula is C9H8F4N2O5S2. The van der Waals surface area contributed by atoms with E-state index in [-0.39, 0.29) is 0 Å². The van der Waals surface area contributed by atoms with Crippen molar-refractivity contribution >= 4 is 32.5 Å². The molecule has 0 saturated heterocycles. The van der Waals surface area contributed by atoms with E-state index >= 15 is 0 Å². The molecule has 0 radical (unpaired) electrons. The van der Waals surface area contributed by atoms with Crippen molar-refractivity contribution in [1.82, 2.24) is 4.72 Å². The van der Waals surface area contributed by atoms with Crippen molar-refractivity contribution in [3.63, 3.8) is 0 Å². The summed E-state index contributed by atoms with van der Waals surface area (Å²) in [4.78, 5) is 0.720. The molecule has 0 bridgehead atoms. The molecule has 2 N–H and O–H groups in total. The zero-order chi connectivity index (χ0) is 17.3. The zero-order valence-corrected chi connectivity index (χ0v) is 12.1. The predicted octanol–water partition coefficient (Wildman–Crippen LogP) is 0.741. The number of nitrogens with one attached hydrogen (secondary N) is 1. The van der Waals surface area contributed by atoms with Crippen LogP contribution in [0.5, 0.6) is 0 Å². The first-order valence-corrected chi connectivity index (χ1v) is 8.29. The van der Waals surface area contributed by atoms with Crippen LogP contribution in [0.4, 0.5) is 23.2 Å². The molecule has 0 aliphatic rings. The number of aliphatic imine (C=N–C) groups is 1. The minimum atomic E-state index is -5.13. The van der Waals surface area contributed by atoms with Gasteiger partial charge < -0.3 is 0 Å². The van der Waals surface area contributed by atoms with Crippen LogP contribution in [0.2, 0.25) is 0 Å². The average Bonchev–Trinajstić information content (AvgIpc) is 2.35. The molecule has 0 aromatic heterocycles. The Labute approximate surface area is 122 Å². The molecule has 1 aromatic rings. The van der Waals surface area contributed by atoms with Gasteiger partial charge in [0.15, 0.2) is 28.2 Å². The van der Waals surface area contributed by atoms with E-state index in [1.54, 1.807) is 0 Å². The summed E-state index contributed by atoms with van der Waals surface area (Å²) in [7, 11) is -9.69. The number of benzene rings is 1. The van der Waals surface area contributed by atoms with Gasteiger partial charge in [-0.05, 0) is 6.72 Å². The normalized spacial score (nSPS) is 12.4. The van der Waals surface area contributed by atoms with Crippen LogP contribution in [0.3, 0.4) is 0 Å². The molecule has 0 fully saturated rings. The van der Waals surface area contributed by atoms with E-state index in [9.17, 15) is 34.4 Å². The van der Waals surface area contributed by atoms with E-state index < -0.39 is 66.3 Å². The zero-order valence-electron chi connectivity index (χ0n) is 10.5. The summed E-state index contributed by atoms with van der Waals surface area (Å²) in [5.41, 5.74) is -1.44. The Kier molecular flexibility index (Phi) is 5.27. The highest BCUT2D eigenvalue weighted by Gasteiger charge is 2.32. The molecule has 22 heavy (non-hydrogen) atoms. The summed E-state index contributed by atoms with van der Waals surface area (Å²) in [6.45, 7) is 1.70. The average molecular weight is 364 g/mol. The summed E-state index contributed by atoms with van der Waals surface area (Å²) in [5, 5.41) is 0. The fraction of sp³-hybridized carbons (Fsp3) is 0.222. The lowest BCUT2D eigenvalue weighted by molar-refractivity contribution is 0.421. The Bertz CT molecular complexity index is 794. The molecule has 7 nitrogen and oxygen atoms in total. The van der Waals surface area contributed by atoms with Gasteiger partial charge >= 0.3 is 0 Å². The van der Waals surface area contributed by atoms with Gasteiger partial charge in [0, 0.05) is 6.54 Å². The fourth-order valence-corrected chi connectivity index (χ4v) is 3.01. The number of nitrogens with zero attached hydrogens (tertiary/aromatic N) is 1. The van der Waals surface area contributed by atoms with Gasteiger partial charge in [-0.25, -0.2) is 30.7 Å². The Balaban J connectivity index is 3.35. The van der Waals surface area contributed by atoms with Crippen LogP contribution in [0, 0.1) is 23.3 Å². The molecule has 0 unspecified atom stereocenters. The van der Waals surface area contributed by atoms with Gasteiger partial charge in [-0.2, -0.15) is 8.42 Å². The Morgan fingerprint density at radius 1 is 1.00 bits per heavy atom. The van der Waals surface area contributed by atoms with Crippen molar-refractivity contribution in [2.45, 2.75) is 4.90 Å². The van der Waals surface area contributed by atoms with Gasteiger partial charge in [0.1, 0.15) is 5.69 Å². The SMILES string of the molecule is C=Nc1c(F)c(F)c(S(=O)(=O)NCCS(=O)(=O)O)c(F)c1F. The maximum atomic E-state index is 13.6. The maximum Gasteiger partial charge on any atom is 0.266 e. The molecular weight excluding hydrogens is 356 g/mol. The van der Waals surface area contributed by atoms with Gasteiger partial charge in [0.25, 0.3) is 10.1 Å². The first kappa shape index (κ1) is 18.5. The van der Waals surface area contributed by atoms with Crippen molar-refractivity contribution in [2.24, 2.45) is 4.99 Å². The molecule has 1 rings (SSSR count). The summed E-state index contributed by atoms with van der Waals surface area (Å²) >= 11 is 0. The Morgan fingerprint density at radius 2 is 1.45 bits per heavy atom. The highest BCUT2D eigenvalue weighted by atomic mass is 32.2. The standard InChI is InChI=1S/C9H8F4N2O5S2/c1-14-8-4(10)6(12)9(7(13)5(8)11)22(19,20)15-2-3-21(16,17)18/h15H,1-3H2,(H,16,17,18). The smallest absolute Gasteiger partial charge is 0.266 e. The van der Waals surface area contributed by atoms with Crippen LogP contribution in [0.1, 0.15) is 0 Å². The largest absolute Gasteiger partial charge is 0.286 e. The van der Waals surface area contributed by atoms with Crippen molar-refractivity contribution in [3.8, 4) is 0 Å². The van der Waals surface area contributed by atoms with E-state index in [0.717, 1.165) is 0 Å². The van der Waals surface area contributed by atoms with Gasteiger partial charge in [0.2, 0.25) is 10.0 Å². The van der Waals surface area contributed by atoms with Crippen LogP contribution >= 0.6 is 0 Å². The van der Waals surface area contributed by atoms with Gasteiger partial charge in [-0.15, -0.1) is 0 Å². The predicted molar refractivity (Wildman–Crippen MR) is 67.1 cm³/mol. The number of halogens is 4. The fourth-order valence-electron chi connectivity index (χ4n) is 1.35. The van der Waals surface area contributed by atoms with Crippen molar-refractivity contribution < 1.29 is 39.0 Å². The van der Waals surface area contributed by atoms with Crippen molar-refractivity contribution in [3.05, 3.63) is 23.3 Å². The van der Waals surface area contributed by atoms with E-state index in [1.807, 2.05) is 0 Å². The topological polar surface area (TPSA) is 113 Å². The van der Waals surface area contributed by atoms with Crippen LogP contribution in [0.25, 0.3) is 0 Å². The molecule has 124 valence electrons. The number of hydrogen-bond donors (Lipinski definition) is 2. The summed E-state index contributed by atoms with van der Waals surface area (Å²) in [5.74, 6) is -9.78. The van der Waals surface area contributed by atoms with Gasteiger partial charge in [0.05, 0.1) is 5.75 Å². The molecule has 0 aliphatic carbocycles. The summed E-state index contributed by atoms with van der Waals surface area (Å²) < 4.78 is 108. The lowest BCUT2D eigenvalue weighted by Crippen LogP contribution is -2.31. The van der Waals surface area contributed by atoms with Crippen molar-refractivity contribution in [2.75, 3.05) is 12.3 Å². The molecule has 0 saturated carbocycles. The molecule has 0 spiro atoms. The van der Waals surface area contributed by atoms with Crippen LogP contribution in [-0.2, 0) is 20.1 Å². The summed E-state index contributed by atoms with van der Waals surface area (Å²) in [6.07, 6.45) is 0. The molecule has 1 aromatic carbocycles. The number of hydrogen-bond acceptors (Lipinski definition) is 5. The van der Waals surface area contributed by atoms with E-state index in [4.69, 9.17) is 4.55 Å². The monoisotopic (exact) mass is 364 g/mol.